The second-order valence-corrected chi connectivity index (χ2v) is 5.80. The number of carbonyl (C=O) groups is 1. The molecule has 2 aromatic rings. The molecule has 1 aliphatic rings. The van der Waals surface area contributed by atoms with E-state index in [0.29, 0.717) is 32.8 Å². The Morgan fingerprint density at radius 3 is 2.65 bits per heavy atom. The molecule has 0 unspecified atom stereocenters. The first kappa shape index (κ1) is 15.7. The maximum Gasteiger partial charge on any atom is 0.257 e. The van der Waals surface area contributed by atoms with Crippen LogP contribution in [0.25, 0.3) is 0 Å². The molecule has 1 amide bonds. The maximum atomic E-state index is 12.8. The average Bonchev–Trinajstić information content (AvgIpc) is 2.99. The number of benzene rings is 1. The lowest BCUT2D eigenvalue weighted by molar-refractivity contribution is 0.0302. The van der Waals surface area contributed by atoms with Gasteiger partial charge in [0.1, 0.15) is 0 Å². The molecule has 1 aromatic heterocycles. The fraction of sp³-hybridized carbons (Fsp3) is 0.444. The van der Waals surface area contributed by atoms with Crippen molar-refractivity contribution < 1.29 is 9.53 Å². The monoisotopic (exact) mass is 313 g/mol. The third-order valence-electron chi connectivity index (χ3n) is 4.14. The zero-order valence-corrected chi connectivity index (χ0v) is 13.6. The molecule has 0 bridgehead atoms. The van der Waals surface area contributed by atoms with Crippen LogP contribution in [-0.2, 0) is 17.7 Å². The normalized spacial score (nSPS) is 14.9. The lowest BCUT2D eigenvalue weighted by Crippen LogP contribution is -2.41. The molecule has 5 nitrogen and oxygen atoms in total. The predicted octanol–water partition coefficient (Wildman–Crippen LogP) is 2.36. The molecule has 2 heterocycles. The molecule has 0 aliphatic carbocycles. The van der Waals surface area contributed by atoms with Gasteiger partial charge in [0, 0.05) is 13.1 Å². The molecule has 0 N–H and O–H groups in total. The highest BCUT2D eigenvalue weighted by atomic mass is 16.5. The second kappa shape index (κ2) is 7.42. The Bertz CT molecular complexity index is 646. The lowest BCUT2D eigenvalue weighted by atomic mass is 10.1. The van der Waals surface area contributed by atoms with Crippen molar-refractivity contribution in [3.63, 3.8) is 0 Å². The summed E-state index contributed by atoms with van der Waals surface area (Å²) in [5.41, 5.74) is 2.97. The van der Waals surface area contributed by atoms with Crippen LogP contribution in [0.15, 0.2) is 36.5 Å². The van der Waals surface area contributed by atoms with E-state index >= 15 is 0 Å². The minimum absolute atomic E-state index is 0.0797. The van der Waals surface area contributed by atoms with Crippen LogP contribution in [0, 0.1) is 0 Å². The van der Waals surface area contributed by atoms with Crippen molar-refractivity contribution in [3.8, 4) is 0 Å². The molecule has 23 heavy (non-hydrogen) atoms. The van der Waals surface area contributed by atoms with Gasteiger partial charge >= 0.3 is 0 Å². The van der Waals surface area contributed by atoms with Crippen LogP contribution >= 0.6 is 0 Å². The Balaban J connectivity index is 1.84. The zero-order valence-electron chi connectivity index (χ0n) is 13.6. The van der Waals surface area contributed by atoms with Crippen molar-refractivity contribution in [1.29, 1.82) is 0 Å². The van der Waals surface area contributed by atoms with E-state index in [1.165, 1.54) is 5.56 Å². The molecular weight excluding hydrogens is 290 g/mol. The summed E-state index contributed by atoms with van der Waals surface area (Å²) >= 11 is 0. The fourth-order valence-electron chi connectivity index (χ4n) is 2.92. The summed E-state index contributed by atoms with van der Waals surface area (Å²) in [4.78, 5) is 14.6. The van der Waals surface area contributed by atoms with Crippen molar-refractivity contribution in [2.75, 3.05) is 26.3 Å². The van der Waals surface area contributed by atoms with Gasteiger partial charge in [0.05, 0.1) is 37.2 Å². The van der Waals surface area contributed by atoms with Crippen LogP contribution in [0.3, 0.4) is 0 Å². The number of morpholine rings is 1. The minimum Gasteiger partial charge on any atom is -0.378 e. The summed E-state index contributed by atoms with van der Waals surface area (Å²) in [7, 11) is 0. The van der Waals surface area contributed by atoms with Gasteiger partial charge in [-0.05, 0) is 12.0 Å². The number of amides is 1. The topological polar surface area (TPSA) is 47.4 Å². The summed E-state index contributed by atoms with van der Waals surface area (Å²) < 4.78 is 7.30. The smallest absolute Gasteiger partial charge is 0.257 e. The summed E-state index contributed by atoms with van der Waals surface area (Å²) in [6, 6.07) is 10.2. The van der Waals surface area contributed by atoms with Crippen molar-refractivity contribution in [2.24, 2.45) is 0 Å². The van der Waals surface area contributed by atoms with Crippen LogP contribution in [0.4, 0.5) is 0 Å². The molecule has 3 rings (SSSR count). The van der Waals surface area contributed by atoms with Gasteiger partial charge in [-0.15, -0.1) is 0 Å². The molecule has 0 saturated carbocycles. The van der Waals surface area contributed by atoms with Crippen molar-refractivity contribution in [1.82, 2.24) is 14.7 Å². The van der Waals surface area contributed by atoms with E-state index in [1.54, 1.807) is 6.20 Å². The number of carbonyl (C=O) groups excluding carboxylic acids is 1. The van der Waals surface area contributed by atoms with E-state index in [-0.39, 0.29) is 5.91 Å². The highest BCUT2D eigenvalue weighted by Crippen LogP contribution is 2.16. The fourth-order valence-corrected chi connectivity index (χ4v) is 2.92. The Hall–Kier alpha value is -2.14. The molecule has 1 fully saturated rings. The quantitative estimate of drug-likeness (QED) is 0.851. The summed E-state index contributed by atoms with van der Waals surface area (Å²) in [6.45, 7) is 5.39. The van der Waals surface area contributed by atoms with Crippen molar-refractivity contribution in [2.45, 2.75) is 26.3 Å². The largest absolute Gasteiger partial charge is 0.378 e. The van der Waals surface area contributed by atoms with Gasteiger partial charge in [-0.1, -0.05) is 43.7 Å². The molecule has 5 heteroatoms. The SMILES string of the molecule is CCCc1c(C(=O)N2CCOCC2)cnn1Cc1ccccc1. The van der Waals surface area contributed by atoms with Crippen LogP contribution in [0.1, 0.15) is 35.0 Å². The first-order chi connectivity index (χ1) is 11.3. The first-order valence-corrected chi connectivity index (χ1v) is 8.25. The summed E-state index contributed by atoms with van der Waals surface area (Å²) in [5, 5.41) is 4.48. The van der Waals surface area contributed by atoms with Gasteiger partial charge in [-0.2, -0.15) is 5.10 Å². The van der Waals surface area contributed by atoms with E-state index in [9.17, 15) is 4.79 Å². The second-order valence-electron chi connectivity index (χ2n) is 5.80. The standard InChI is InChI=1S/C18H23N3O2/c1-2-6-17-16(18(22)20-9-11-23-12-10-20)13-19-21(17)14-15-7-4-3-5-8-15/h3-5,7-8,13H,2,6,9-12,14H2,1H3. The summed E-state index contributed by atoms with van der Waals surface area (Å²) in [6.07, 6.45) is 3.58. The van der Waals surface area contributed by atoms with Gasteiger partial charge in [0.2, 0.25) is 0 Å². The number of ether oxygens (including phenoxy) is 1. The van der Waals surface area contributed by atoms with Crippen LogP contribution < -0.4 is 0 Å². The van der Waals surface area contributed by atoms with Gasteiger partial charge < -0.3 is 9.64 Å². The minimum atomic E-state index is 0.0797. The molecule has 1 aliphatic heterocycles. The van der Waals surface area contributed by atoms with Gasteiger partial charge in [0.15, 0.2) is 0 Å². The molecule has 122 valence electrons. The third-order valence-corrected chi connectivity index (χ3v) is 4.14. The number of hydrogen-bond donors (Lipinski definition) is 0. The molecule has 1 aromatic carbocycles. The maximum absolute atomic E-state index is 12.8. The third kappa shape index (κ3) is 3.62. The average molecular weight is 313 g/mol. The van der Waals surface area contributed by atoms with Crippen molar-refractivity contribution in [3.05, 3.63) is 53.3 Å². The Morgan fingerprint density at radius 1 is 1.22 bits per heavy atom. The predicted molar refractivity (Wildman–Crippen MR) is 88.5 cm³/mol. The van der Waals surface area contributed by atoms with Crippen LogP contribution in [0.5, 0.6) is 0 Å². The number of nitrogens with zero attached hydrogens (tertiary/aromatic N) is 3. The Labute approximate surface area is 136 Å². The Morgan fingerprint density at radius 2 is 1.96 bits per heavy atom. The van der Waals surface area contributed by atoms with Crippen LogP contribution in [0.2, 0.25) is 0 Å². The van der Waals surface area contributed by atoms with E-state index in [2.05, 4.69) is 24.2 Å². The highest BCUT2D eigenvalue weighted by Gasteiger charge is 2.23. The molecular formula is C18H23N3O2. The van der Waals surface area contributed by atoms with Gasteiger partial charge in [-0.25, -0.2) is 0 Å². The van der Waals surface area contributed by atoms with E-state index in [1.807, 2.05) is 27.8 Å². The van der Waals surface area contributed by atoms with Gasteiger partial charge in [-0.3, -0.25) is 9.48 Å². The van der Waals surface area contributed by atoms with Crippen molar-refractivity contribution >= 4 is 5.91 Å². The molecule has 0 atom stereocenters. The summed E-state index contributed by atoms with van der Waals surface area (Å²) in [5.74, 6) is 0.0797. The number of aromatic nitrogens is 2. The van der Waals surface area contributed by atoms with Gasteiger partial charge in [0.25, 0.3) is 5.91 Å². The van der Waals surface area contributed by atoms with E-state index in [0.717, 1.165) is 24.1 Å². The Kier molecular flexibility index (Phi) is 5.08. The lowest BCUT2D eigenvalue weighted by Gasteiger charge is -2.26. The van der Waals surface area contributed by atoms with E-state index < -0.39 is 0 Å². The zero-order chi connectivity index (χ0) is 16.1. The number of rotatable bonds is 5. The molecule has 0 radical (unpaired) electrons. The number of hydrogen-bond acceptors (Lipinski definition) is 3. The molecule has 1 saturated heterocycles. The molecule has 0 spiro atoms. The van der Waals surface area contributed by atoms with Crippen LogP contribution in [-0.4, -0.2) is 46.9 Å². The highest BCUT2D eigenvalue weighted by molar-refractivity contribution is 5.95. The van der Waals surface area contributed by atoms with E-state index in [4.69, 9.17) is 4.74 Å². The first-order valence-electron chi connectivity index (χ1n) is 8.25.